The Balaban J connectivity index is 1.49. The van der Waals surface area contributed by atoms with Gasteiger partial charge in [-0.05, 0) is 124 Å². The highest BCUT2D eigenvalue weighted by atomic mass is 16.3. The quantitative estimate of drug-likeness (QED) is 0.446. The largest absolute Gasteiger partial charge is 0.393 e. The van der Waals surface area contributed by atoms with Crippen molar-refractivity contribution in [2.24, 2.45) is 45.8 Å². The second kappa shape index (κ2) is 8.09. The van der Waals surface area contributed by atoms with Crippen LogP contribution in [-0.4, -0.2) is 33.1 Å². The number of rotatable bonds is 5. The van der Waals surface area contributed by atoms with E-state index in [-0.39, 0.29) is 11.5 Å². The zero-order chi connectivity index (χ0) is 23.7. The van der Waals surface area contributed by atoms with Gasteiger partial charge in [0.05, 0.1) is 17.8 Å². The molecule has 0 bridgehead atoms. The minimum atomic E-state index is -1.04. The number of allylic oxidation sites excluding steroid dienone is 1. The predicted octanol–water partition coefficient (Wildman–Crippen LogP) is 6.11. The van der Waals surface area contributed by atoms with Crippen molar-refractivity contribution in [1.82, 2.24) is 0 Å². The summed E-state index contributed by atoms with van der Waals surface area (Å²) >= 11 is 0. The Morgan fingerprint density at radius 1 is 0.906 bits per heavy atom. The van der Waals surface area contributed by atoms with Gasteiger partial charge in [-0.3, -0.25) is 0 Å². The van der Waals surface area contributed by atoms with Crippen molar-refractivity contribution in [3.63, 3.8) is 0 Å². The molecule has 0 aromatic carbocycles. The molecule has 3 N–H and O–H groups in total. The van der Waals surface area contributed by atoms with Gasteiger partial charge in [0.25, 0.3) is 0 Å². The third-order valence-electron chi connectivity index (χ3n) is 11.6. The van der Waals surface area contributed by atoms with E-state index in [1.54, 1.807) is 13.8 Å². The van der Waals surface area contributed by atoms with Gasteiger partial charge in [-0.2, -0.15) is 0 Å². The molecule has 4 aliphatic rings. The SMILES string of the molecule is C=C(CC[C@H](O)C(C)(C)O)[C@H]1CC[C@@]2(C)[C@@H]1CC[C@H]1[C@H]2CC[C@H]2C(C)(C)[C@H](O)CC[C@]12C. The van der Waals surface area contributed by atoms with E-state index in [0.717, 1.165) is 30.6 Å². The smallest absolute Gasteiger partial charge is 0.0849 e. The highest BCUT2D eigenvalue weighted by Crippen LogP contribution is 2.70. The van der Waals surface area contributed by atoms with Crippen molar-refractivity contribution in [1.29, 1.82) is 0 Å². The van der Waals surface area contributed by atoms with Crippen LogP contribution in [-0.2, 0) is 0 Å². The molecule has 0 amide bonds. The Labute approximate surface area is 197 Å². The summed E-state index contributed by atoms with van der Waals surface area (Å²) in [6.45, 7) is 17.7. The molecule has 0 unspecified atom stereocenters. The Hall–Kier alpha value is -0.380. The number of hydrogen-bond acceptors (Lipinski definition) is 3. The molecular weight excluding hydrogens is 396 g/mol. The molecule has 32 heavy (non-hydrogen) atoms. The molecule has 3 heteroatoms. The Morgan fingerprint density at radius 2 is 1.47 bits per heavy atom. The molecule has 4 aliphatic carbocycles. The molecule has 0 heterocycles. The molecule has 0 aliphatic heterocycles. The zero-order valence-corrected chi connectivity index (χ0v) is 21.7. The summed E-state index contributed by atoms with van der Waals surface area (Å²) in [5.74, 6) is 3.52. The van der Waals surface area contributed by atoms with Gasteiger partial charge < -0.3 is 15.3 Å². The molecule has 3 nitrogen and oxygen atoms in total. The summed E-state index contributed by atoms with van der Waals surface area (Å²) in [5, 5.41) is 31.2. The third kappa shape index (κ3) is 3.73. The molecule has 9 atom stereocenters. The monoisotopic (exact) mass is 446 g/mol. The molecule has 0 aromatic heterocycles. The standard InChI is InChI=1S/C29H50O3/c1-18(8-13-25(31)27(4,5)32)19-14-16-28(6)20(19)9-10-22-21(28)11-12-23-26(2,3)24(30)15-17-29(22,23)7/h19-25,30-32H,1,8-17H2,2-7H3/t19-,20-,21-,22+,23+,24-,25+,28+,29-/m1/s1. The minimum Gasteiger partial charge on any atom is -0.393 e. The highest BCUT2D eigenvalue weighted by Gasteiger charge is 2.63. The van der Waals surface area contributed by atoms with Crippen LogP contribution in [0.4, 0.5) is 0 Å². The van der Waals surface area contributed by atoms with Crippen LogP contribution < -0.4 is 0 Å². The average molecular weight is 447 g/mol. The minimum absolute atomic E-state index is 0.0313. The first-order chi connectivity index (χ1) is 14.7. The highest BCUT2D eigenvalue weighted by molar-refractivity contribution is 5.17. The third-order valence-corrected chi connectivity index (χ3v) is 11.6. The second-order valence-corrected chi connectivity index (χ2v) is 13.9. The van der Waals surface area contributed by atoms with E-state index < -0.39 is 11.7 Å². The first-order valence-corrected chi connectivity index (χ1v) is 13.5. The van der Waals surface area contributed by atoms with Crippen molar-refractivity contribution in [2.45, 2.75) is 124 Å². The van der Waals surface area contributed by atoms with Gasteiger partial charge in [0.2, 0.25) is 0 Å². The topological polar surface area (TPSA) is 60.7 Å². The maximum absolute atomic E-state index is 10.8. The molecule has 0 saturated heterocycles. The van der Waals surface area contributed by atoms with E-state index in [2.05, 4.69) is 34.3 Å². The van der Waals surface area contributed by atoms with E-state index >= 15 is 0 Å². The Bertz CT molecular complexity index is 720. The first kappa shape index (κ1) is 24.7. The molecule has 4 fully saturated rings. The van der Waals surface area contributed by atoms with Crippen LogP contribution in [0.2, 0.25) is 0 Å². The summed E-state index contributed by atoms with van der Waals surface area (Å²) < 4.78 is 0. The Morgan fingerprint density at radius 3 is 2.12 bits per heavy atom. The summed E-state index contributed by atoms with van der Waals surface area (Å²) in [7, 11) is 0. The Kier molecular flexibility index (Phi) is 6.25. The van der Waals surface area contributed by atoms with E-state index in [0.29, 0.717) is 29.1 Å². The average Bonchev–Trinajstić information content (AvgIpc) is 3.06. The van der Waals surface area contributed by atoms with Gasteiger partial charge in [0.1, 0.15) is 0 Å². The maximum atomic E-state index is 10.8. The fraction of sp³-hybridized carbons (Fsp3) is 0.931. The lowest BCUT2D eigenvalue weighted by atomic mass is 9.40. The van der Waals surface area contributed by atoms with Gasteiger partial charge in [0, 0.05) is 0 Å². The van der Waals surface area contributed by atoms with Gasteiger partial charge in [0.15, 0.2) is 0 Å². The van der Waals surface area contributed by atoms with Crippen LogP contribution in [0.25, 0.3) is 0 Å². The second-order valence-electron chi connectivity index (χ2n) is 13.9. The van der Waals surface area contributed by atoms with Crippen LogP contribution in [0.1, 0.15) is 106 Å². The maximum Gasteiger partial charge on any atom is 0.0849 e. The van der Waals surface area contributed by atoms with Crippen molar-refractivity contribution in [3.05, 3.63) is 12.2 Å². The molecule has 0 aromatic rings. The van der Waals surface area contributed by atoms with Crippen LogP contribution in [0.5, 0.6) is 0 Å². The molecule has 0 radical (unpaired) electrons. The lowest BCUT2D eigenvalue weighted by Crippen LogP contribution is -2.59. The molecular formula is C29H50O3. The fourth-order valence-electron chi connectivity index (χ4n) is 9.56. The van der Waals surface area contributed by atoms with Gasteiger partial charge in [-0.15, -0.1) is 0 Å². The van der Waals surface area contributed by atoms with Crippen molar-refractivity contribution in [3.8, 4) is 0 Å². The predicted molar refractivity (Wildman–Crippen MR) is 131 cm³/mol. The number of hydrogen-bond donors (Lipinski definition) is 3. The van der Waals surface area contributed by atoms with Crippen molar-refractivity contribution in [2.75, 3.05) is 0 Å². The lowest BCUT2D eigenvalue weighted by molar-refractivity contribution is -0.183. The number of aliphatic hydroxyl groups is 3. The van der Waals surface area contributed by atoms with Gasteiger partial charge >= 0.3 is 0 Å². The van der Waals surface area contributed by atoms with E-state index in [1.165, 1.54) is 50.5 Å². The summed E-state index contributed by atoms with van der Waals surface area (Å²) in [6.07, 6.45) is 10.5. The van der Waals surface area contributed by atoms with E-state index in [4.69, 9.17) is 0 Å². The molecule has 4 rings (SSSR count). The molecule has 4 saturated carbocycles. The van der Waals surface area contributed by atoms with Crippen LogP contribution in [0.3, 0.4) is 0 Å². The van der Waals surface area contributed by atoms with E-state index in [1.807, 2.05) is 0 Å². The van der Waals surface area contributed by atoms with Gasteiger partial charge in [-0.1, -0.05) is 39.8 Å². The van der Waals surface area contributed by atoms with Gasteiger partial charge in [-0.25, -0.2) is 0 Å². The van der Waals surface area contributed by atoms with Crippen molar-refractivity contribution < 1.29 is 15.3 Å². The van der Waals surface area contributed by atoms with E-state index in [9.17, 15) is 15.3 Å². The summed E-state index contributed by atoms with van der Waals surface area (Å²) in [5.41, 5.74) is 1.06. The normalized spacial score (nSPS) is 46.7. The summed E-state index contributed by atoms with van der Waals surface area (Å²) in [6, 6.07) is 0. The zero-order valence-electron chi connectivity index (χ0n) is 21.7. The van der Waals surface area contributed by atoms with Crippen LogP contribution >= 0.6 is 0 Å². The summed E-state index contributed by atoms with van der Waals surface area (Å²) in [4.78, 5) is 0. The van der Waals surface area contributed by atoms with Crippen molar-refractivity contribution >= 4 is 0 Å². The lowest BCUT2D eigenvalue weighted by Gasteiger charge is -2.65. The molecule has 184 valence electrons. The first-order valence-electron chi connectivity index (χ1n) is 13.5. The van der Waals surface area contributed by atoms with Crippen LogP contribution in [0, 0.1) is 45.8 Å². The number of aliphatic hydroxyl groups excluding tert-OH is 2. The van der Waals surface area contributed by atoms with Crippen LogP contribution in [0.15, 0.2) is 12.2 Å². The fourth-order valence-corrected chi connectivity index (χ4v) is 9.56. The molecule has 0 spiro atoms. The number of fused-ring (bicyclic) bond motifs is 5.